The van der Waals surface area contributed by atoms with Crippen molar-refractivity contribution in [1.82, 2.24) is 0 Å². The summed E-state index contributed by atoms with van der Waals surface area (Å²) in [5.74, 6) is 4.35. The summed E-state index contributed by atoms with van der Waals surface area (Å²) in [5, 5.41) is 2.54. The van der Waals surface area contributed by atoms with E-state index in [1.807, 2.05) is 13.8 Å². The second-order valence-corrected chi connectivity index (χ2v) is 4.11. The summed E-state index contributed by atoms with van der Waals surface area (Å²) < 4.78 is 18.8. The molecule has 0 radical (unpaired) electrons. The van der Waals surface area contributed by atoms with E-state index < -0.39 is 5.82 Å². The van der Waals surface area contributed by atoms with Gasteiger partial charge in [0.15, 0.2) is 0 Å². The highest BCUT2D eigenvalue weighted by atomic mass is 19.1. The second kappa shape index (κ2) is 7.52. The summed E-state index contributed by atoms with van der Waals surface area (Å²) in [6.45, 7) is 3.77. The van der Waals surface area contributed by atoms with Crippen molar-refractivity contribution in [1.29, 1.82) is 0 Å². The van der Waals surface area contributed by atoms with Crippen LogP contribution in [0, 0.1) is 17.7 Å². The predicted molar refractivity (Wildman–Crippen MR) is 72.1 cm³/mol. The lowest BCUT2D eigenvalue weighted by Gasteiger charge is -2.08. The number of carbonyl (C=O) groups is 1. The third-order valence-electron chi connectivity index (χ3n) is 2.13. The van der Waals surface area contributed by atoms with Crippen molar-refractivity contribution in [3.05, 3.63) is 29.6 Å². The van der Waals surface area contributed by atoms with E-state index in [4.69, 9.17) is 10.5 Å². The molecule has 0 atom stereocenters. The molecule has 0 aliphatic carbocycles. The van der Waals surface area contributed by atoms with E-state index in [0.717, 1.165) is 0 Å². The molecule has 5 heteroatoms. The van der Waals surface area contributed by atoms with Gasteiger partial charge in [0, 0.05) is 5.69 Å². The molecule has 0 aliphatic rings. The zero-order chi connectivity index (χ0) is 14.3. The summed E-state index contributed by atoms with van der Waals surface area (Å²) in [4.78, 5) is 11.5. The number of nitrogens with two attached hydrogens (primary N) is 1. The van der Waals surface area contributed by atoms with Crippen LogP contribution in [0.5, 0.6) is 0 Å². The number of amides is 1. The van der Waals surface area contributed by atoms with Crippen LogP contribution in [0.15, 0.2) is 18.2 Å². The summed E-state index contributed by atoms with van der Waals surface area (Å²) in [6, 6.07) is 4.29. The van der Waals surface area contributed by atoms with Gasteiger partial charge in [-0.05, 0) is 32.0 Å². The Morgan fingerprint density at radius 2 is 2.26 bits per heavy atom. The monoisotopic (exact) mass is 264 g/mol. The average Bonchev–Trinajstić information content (AvgIpc) is 2.35. The van der Waals surface area contributed by atoms with E-state index in [9.17, 15) is 9.18 Å². The lowest BCUT2D eigenvalue weighted by molar-refractivity contribution is -0.121. The molecule has 3 N–H and O–H groups in total. The first-order valence-electron chi connectivity index (χ1n) is 5.93. The molecular weight excluding hydrogens is 247 g/mol. The highest BCUT2D eigenvalue weighted by Gasteiger charge is 2.06. The molecule has 102 valence electrons. The number of carbonyl (C=O) groups excluding carboxylic acids is 1. The first-order chi connectivity index (χ1) is 9.02. The summed E-state index contributed by atoms with van der Waals surface area (Å²) >= 11 is 0. The molecule has 1 rings (SSSR count). The molecule has 0 aliphatic heterocycles. The fourth-order valence-corrected chi connectivity index (χ4v) is 1.28. The van der Waals surface area contributed by atoms with Crippen LogP contribution in [0.1, 0.15) is 19.4 Å². The predicted octanol–water partition coefficient (Wildman–Crippen LogP) is 1.50. The lowest BCUT2D eigenvalue weighted by atomic mass is 10.2. The van der Waals surface area contributed by atoms with E-state index in [1.165, 1.54) is 12.1 Å². The number of nitrogens with one attached hydrogen (secondary N) is 1. The number of benzene rings is 1. The van der Waals surface area contributed by atoms with Crippen LogP contribution in [0.25, 0.3) is 0 Å². The van der Waals surface area contributed by atoms with Crippen molar-refractivity contribution in [2.45, 2.75) is 20.0 Å². The smallest absolute Gasteiger partial charge is 0.250 e. The zero-order valence-corrected chi connectivity index (χ0v) is 11.0. The van der Waals surface area contributed by atoms with Gasteiger partial charge in [-0.3, -0.25) is 4.79 Å². The van der Waals surface area contributed by atoms with Crippen LogP contribution >= 0.6 is 0 Å². The molecule has 0 spiro atoms. The van der Waals surface area contributed by atoms with Gasteiger partial charge < -0.3 is 15.8 Å². The second-order valence-electron chi connectivity index (χ2n) is 4.11. The van der Waals surface area contributed by atoms with Crippen LogP contribution in [-0.4, -0.2) is 25.2 Å². The number of rotatable bonds is 4. The fourth-order valence-electron chi connectivity index (χ4n) is 1.28. The van der Waals surface area contributed by atoms with E-state index in [2.05, 4.69) is 17.2 Å². The topological polar surface area (TPSA) is 64.3 Å². The highest BCUT2D eigenvalue weighted by molar-refractivity contribution is 5.91. The molecule has 0 saturated heterocycles. The van der Waals surface area contributed by atoms with Crippen LogP contribution in [0.4, 0.5) is 10.1 Å². The van der Waals surface area contributed by atoms with Gasteiger partial charge in [0.2, 0.25) is 5.91 Å². The Kier molecular flexibility index (Phi) is 6.00. The van der Waals surface area contributed by atoms with E-state index in [0.29, 0.717) is 5.69 Å². The van der Waals surface area contributed by atoms with Crippen LogP contribution < -0.4 is 11.1 Å². The van der Waals surface area contributed by atoms with Crippen molar-refractivity contribution >= 4 is 11.6 Å². The first-order valence-corrected chi connectivity index (χ1v) is 5.93. The maximum atomic E-state index is 13.6. The molecule has 0 heterocycles. The normalized spacial score (nSPS) is 9.95. The van der Waals surface area contributed by atoms with Crippen LogP contribution in [-0.2, 0) is 9.53 Å². The van der Waals surface area contributed by atoms with Gasteiger partial charge in [-0.1, -0.05) is 11.8 Å². The Hall–Kier alpha value is -1.90. The largest absolute Gasteiger partial charge is 0.369 e. The number of anilines is 1. The Balaban J connectivity index is 2.65. The third kappa shape index (κ3) is 5.51. The quantitative estimate of drug-likeness (QED) is 0.810. The molecule has 0 aromatic heterocycles. The summed E-state index contributed by atoms with van der Waals surface area (Å²) in [5.41, 5.74) is 5.83. The van der Waals surface area contributed by atoms with Gasteiger partial charge in [0.1, 0.15) is 12.4 Å². The van der Waals surface area contributed by atoms with Gasteiger partial charge in [-0.2, -0.15) is 0 Å². The van der Waals surface area contributed by atoms with Gasteiger partial charge >= 0.3 is 0 Å². The van der Waals surface area contributed by atoms with E-state index >= 15 is 0 Å². The zero-order valence-electron chi connectivity index (χ0n) is 11.0. The maximum Gasteiger partial charge on any atom is 0.250 e. The molecule has 0 bridgehead atoms. The minimum atomic E-state index is -0.497. The Bertz CT molecular complexity index is 504. The Labute approximate surface area is 112 Å². The molecule has 4 nitrogen and oxygen atoms in total. The standard InChI is InChI=1S/C14H17FN2O2/c1-10(2)19-9-14(18)17-12-6-5-11(4-3-7-16)13(15)8-12/h5-6,8,10H,7,9,16H2,1-2H3,(H,17,18). The molecule has 0 unspecified atom stereocenters. The molecule has 1 aromatic rings. The molecule has 0 fully saturated rings. The minimum absolute atomic E-state index is 0.0311. The van der Waals surface area contributed by atoms with E-state index in [-0.39, 0.29) is 30.7 Å². The Morgan fingerprint density at radius 1 is 1.53 bits per heavy atom. The van der Waals surface area contributed by atoms with Gasteiger partial charge in [-0.15, -0.1) is 0 Å². The van der Waals surface area contributed by atoms with E-state index in [1.54, 1.807) is 6.07 Å². The number of halogens is 1. The SMILES string of the molecule is CC(C)OCC(=O)Nc1ccc(C#CCN)c(F)c1. The molecular formula is C14H17FN2O2. The summed E-state index contributed by atoms with van der Waals surface area (Å²) in [6.07, 6.45) is -0.0311. The highest BCUT2D eigenvalue weighted by Crippen LogP contribution is 2.13. The van der Waals surface area contributed by atoms with Gasteiger partial charge in [0.05, 0.1) is 18.2 Å². The van der Waals surface area contributed by atoms with Crippen LogP contribution in [0.3, 0.4) is 0 Å². The number of ether oxygens (including phenoxy) is 1. The number of hydrogen-bond acceptors (Lipinski definition) is 3. The van der Waals surface area contributed by atoms with Crippen LogP contribution in [0.2, 0.25) is 0 Å². The fraction of sp³-hybridized carbons (Fsp3) is 0.357. The lowest BCUT2D eigenvalue weighted by Crippen LogP contribution is -2.20. The summed E-state index contributed by atoms with van der Waals surface area (Å²) in [7, 11) is 0. The average molecular weight is 264 g/mol. The Morgan fingerprint density at radius 3 is 2.84 bits per heavy atom. The maximum absolute atomic E-state index is 13.6. The number of hydrogen-bond donors (Lipinski definition) is 2. The first kappa shape index (κ1) is 15.2. The van der Waals surface area contributed by atoms with Gasteiger partial charge in [-0.25, -0.2) is 4.39 Å². The van der Waals surface area contributed by atoms with Gasteiger partial charge in [0.25, 0.3) is 0 Å². The molecule has 0 saturated carbocycles. The molecule has 1 amide bonds. The molecule has 19 heavy (non-hydrogen) atoms. The van der Waals surface area contributed by atoms with Crippen molar-refractivity contribution in [3.63, 3.8) is 0 Å². The third-order valence-corrected chi connectivity index (χ3v) is 2.13. The van der Waals surface area contributed by atoms with Crippen molar-refractivity contribution in [2.75, 3.05) is 18.5 Å². The van der Waals surface area contributed by atoms with Crippen molar-refractivity contribution in [2.24, 2.45) is 5.73 Å². The van der Waals surface area contributed by atoms with Crippen molar-refractivity contribution < 1.29 is 13.9 Å². The minimum Gasteiger partial charge on any atom is -0.369 e. The molecule has 1 aromatic carbocycles. The van der Waals surface area contributed by atoms with Crippen molar-refractivity contribution in [3.8, 4) is 11.8 Å².